The van der Waals surface area contributed by atoms with Gasteiger partial charge >= 0.3 is 0 Å². The molecule has 0 saturated heterocycles. The number of aryl methyl sites for hydroxylation is 2. The Bertz CT molecular complexity index is 1130. The summed E-state index contributed by atoms with van der Waals surface area (Å²) in [4.78, 5) is 1.18. The Kier molecular flexibility index (Phi) is 5.96. The van der Waals surface area contributed by atoms with Crippen molar-refractivity contribution in [3.8, 4) is 0 Å². The molecule has 3 aromatic rings. The molecular formula is C23H22O3S2. The molecular weight excluding hydrogens is 388 g/mol. The number of allylic oxidation sites excluding steroid dienone is 1. The zero-order valence-electron chi connectivity index (χ0n) is 16.0. The Morgan fingerprint density at radius 2 is 1.25 bits per heavy atom. The third-order valence-electron chi connectivity index (χ3n) is 4.51. The van der Waals surface area contributed by atoms with Gasteiger partial charge in [0, 0.05) is 4.90 Å². The van der Waals surface area contributed by atoms with Crippen molar-refractivity contribution in [2.75, 3.05) is 0 Å². The van der Waals surface area contributed by atoms with Crippen LogP contribution in [0.25, 0.3) is 4.91 Å². The molecule has 0 fully saturated rings. The molecule has 0 aliphatic carbocycles. The molecule has 0 spiro atoms. The molecule has 1 unspecified atom stereocenters. The molecule has 0 saturated carbocycles. The number of hydrogen-bond donors (Lipinski definition) is 0. The predicted octanol–water partition coefficient (Wildman–Crippen LogP) is 5.27. The van der Waals surface area contributed by atoms with Crippen molar-refractivity contribution in [2.45, 2.75) is 30.6 Å². The summed E-state index contributed by atoms with van der Waals surface area (Å²) >= 11 is 0. The van der Waals surface area contributed by atoms with Crippen molar-refractivity contribution >= 4 is 25.5 Å². The van der Waals surface area contributed by atoms with Crippen LogP contribution in [0.15, 0.2) is 93.6 Å². The van der Waals surface area contributed by atoms with E-state index in [2.05, 4.69) is 0 Å². The fourth-order valence-corrected chi connectivity index (χ4v) is 5.82. The van der Waals surface area contributed by atoms with Gasteiger partial charge in [-0.3, -0.25) is 0 Å². The van der Waals surface area contributed by atoms with Crippen molar-refractivity contribution in [3.63, 3.8) is 0 Å². The Balaban J connectivity index is 2.21. The lowest BCUT2D eigenvalue weighted by Gasteiger charge is -2.14. The summed E-state index contributed by atoms with van der Waals surface area (Å²) in [7, 11) is -5.41. The van der Waals surface area contributed by atoms with E-state index in [0.717, 1.165) is 11.1 Å². The second kappa shape index (κ2) is 8.25. The first kappa shape index (κ1) is 20.2. The molecule has 0 aliphatic heterocycles. The smallest absolute Gasteiger partial charge is 0.203 e. The fraction of sp³-hybridized carbons (Fsp3) is 0.130. The van der Waals surface area contributed by atoms with Crippen LogP contribution >= 0.6 is 0 Å². The monoisotopic (exact) mass is 410 g/mol. The molecule has 0 radical (unpaired) electrons. The maximum atomic E-state index is 13.4. The number of sulfone groups is 1. The van der Waals surface area contributed by atoms with Gasteiger partial charge in [-0.05, 0) is 50.6 Å². The van der Waals surface area contributed by atoms with Crippen molar-refractivity contribution in [3.05, 3.63) is 100 Å². The fourth-order valence-electron chi connectivity index (χ4n) is 2.83. The van der Waals surface area contributed by atoms with E-state index in [4.69, 9.17) is 0 Å². The van der Waals surface area contributed by atoms with Crippen molar-refractivity contribution in [2.24, 2.45) is 0 Å². The highest BCUT2D eigenvalue weighted by molar-refractivity contribution is 7.99. The molecule has 0 aromatic heterocycles. The van der Waals surface area contributed by atoms with E-state index in [0.29, 0.717) is 15.4 Å². The summed E-state index contributed by atoms with van der Waals surface area (Å²) in [5.41, 5.74) is 2.66. The van der Waals surface area contributed by atoms with Gasteiger partial charge in [0.25, 0.3) is 0 Å². The minimum absolute atomic E-state index is 0.0986. The molecule has 0 aliphatic rings. The Labute approximate surface area is 169 Å². The van der Waals surface area contributed by atoms with Gasteiger partial charge in [-0.25, -0.2) is 12.6 Å². The average Bonchev–Trinajstić information content (AvgIpc) is 2.69. The molecule has 0 bridgehead atoms. The number of hydrogen-bond acceptors (Lipinski definition) is 3. The third kappa shape index (κ3) is 4.16. The number of benzene rings is 3. The van der Waals surface area contributed by atoms with Gasteiger partial charge in [0.15, 0.2) is 0 Å². The van der Waals surface area contributed by atoms with E-state index in [1.165, 1.54) is 6.92 Å². The van der Waals surface area contributed by atoms with Crippen LogP contribution in [0.3, 0.4) is 0 Å². The van der Waals surface area contributed by atoms with Crippen molar-refractivity contribution in [1.82, 2.24) is 0 Å². The van der Waals surface area contributed by atoms with Gasteiger partial charge in [-0.1, -0.05) is 65.7 Å². The first-order chi connectivity index (χ1) is 13.3. The largest absolute Gasteiger partial charge is 0.249 e. The summed E-state index contributed by atoms with van der Waals surface area (Å²) < 4.78 is 39.9. The third-order valence-corrected chi connectivity index (χ3v) is 8.16. The first-order valence-corrected chi connectivity index (χ1v) is 11.5. The molecule has 0 amide bonds. The maximum absolute atomic E-state index is 13.4. The average molecular weight is 411 g/mol. The molecule has 5 heteroatoms. The quantitative estimate of drug-likeness (QED) is 0.575. The van der Waals surface area contributed by atoms with Gasteiger partial charge in [-0.2, -0.15) is 0 Å². The summed E-state index contributed by atoms with van der Waals surface area (Å²) in [6.07, 6.45) is 0. The van der Waals surface area contributed by atoms with Crippen LogP contribution in [-0.4, -0.2) is 12.6 Å². The van der Waals surface area contributed by atoms with Crippen LogP contribution in [0, 0.1) is 13.8 Å². The van der Waals surface area contributed by atoms with Gasteiger partial charge in [0.05, 0.1) is 25.5 Å². The van der Waals surface area contributed by atoms with E-state index in [1.807, 2.05) is 44.2 Å². The molecule has 0 N–H and O–H groups in total. The molecule has 0 heterocycles. The van der Waals surface area contributed by atoms with Crippen molar-refractivity contribution < 1.29 is 12.6 Å². The van der Waals surface area contributed by atoms with Gasteiger partial charge < -0.3 is 0 Å². The topological polar surface area (TPSA) is 51.2 Å². The first-order valence-electron chi connectivity index (χ1n) is 8.87. The highest BCUT2D eigenvalue weighted by Gasteiger charge is 2.25. The Morgan fingerprint density at radius 3 is 1.79 bits per heavy atom. The van der Waals surface area contributed by atoms with Crippen LogP contribution in [-0.2, 0) is 20.6 Å². The highest BCUT2D eigenvalue weighted by atomic mass is 32.2. The van der Waals surface area contributed by atoms with Crippen LogP contribution in [0.1, 0.15) is 23.6 Å². The van der Waals surface area contributed by atoms with Crippen LogP contribution in [0.5, 0.6) is 0 Å². The molecule has 3 rings (SSSR count). The van der Waals surface area contributed by atoms with E-state index >= 15 is 0 Å². The summed E-state index contributed by atoms with van der Waals surface area (Å²) in [6, 6.07) is 23.1. The van der Waals surface area contributed by atoms with Crippen LogP contribution < -0.4 is 0 Å². The lowest BCUT2D eigenvalue weighted by Crippen LogP contribution is -2.08. The van der Waals surface area contributed by atoms with E-state index in [1.54, 1.807) is 48.5 Å². The van der Waals surface area contributed by atoms with Crippen LogP contribution in [0.4, 0.5) is 0 Å². The second-order valence-electron chi connectivity index (χ2n) is 6.65. The number of rotatable bonds is 5. The van der Waals surface area contributed by atoms with Crippen LogP contribution in [0.2, 0.25) is 0 Å². The lowest BCUT2D eigenvalue weighted by molar-refractivity contribution is 0.602. The molecule has 144 valence electrons. The minimum atomic E-state index is -3.78. The normalized spacial score (nSPS) is 13.7. The zero-order valence-corrected chi connectivity index (χ0v) is 17.7. The van der Waals surface area contributed by atoms with Crippen molar-refractivity contribution in [1.29, 1.82) is 0 Å². The van der Waals surface area contributed by atoms with E-state index in [9.17, 15) is 12.6 Å². The maximum Gasteiger partial charge on any atom is 0.203 e. The van der Waals surface area contributed by atoms with Gasteiger partial charge in [0.1, 0.15) is 0 Å². The van der Waals surface area contributed by atoms with E-state index in [-0.39, 0.29) is 9.80 Å². The molecule has 1 atom stereocenters. The highest BCUT2D eigenvalue weighted by Crippen LogP contribution is 2.32. The zero-order chi connectivity index (χ0) is 20.3. The molecule has 3 aromatic carbocycles. The summed E-state index contributed by atoms with van der Waals surface area (Å²) in [6.45, 7) is 5.39. The Hall–Kier alpha value is -2.50. The SMILES string of the molecule is C/C(=C(/c1ccccc1)S(=O)c1ccc(C)cc1)S(=O)(=O)c1ccc(C)cc1. The van der Waals surface area contributed by atoms with Gasteiger partial charge in [-0.15, -0.1) is 0 Å². The van der Waals surface area contributed by atoms with Gasteiger partial charge in [0.2, 0.25) is 9.84 Å². The Morgan fingerprint density at radius 1 is 0.750 bits per heavy atom. The lowest BCUT2D eigenvalue weighted by atomic mass is 10.2. The summed E-state index contributed by atoms with van der Waals surface area (Å²) in [5, 5.41) is 0. The standard InChI is InChI=1S/C23H22O3S2/c1-17-9-13-21(14-10-17)27(24)23(20-7-5-4-6-8-20)19(3)28(25,26)22-15-11-18(2)12-16-22/h4-16H,1-3H3/b23-19+. The molecule has 3 nitrogen and oxygen atoms in total. The molecule has 28 heavy (non-hydrogen) atoms. The second-order valence-corrected chi connectivity index (χ2v) is 10.2. The predicted molar refractivity (Wildman–Crippen MR) is 115 cm³/mol. The minimum Gasteiger partial charge on any atom is -0.249 e. The summed E-state index contributed by atoms with van der Waals surface area (Å²) in [5.74, 6) is 0. The van der Waals surface area contributed by atoms with E-state index < -0.39 is 20.6 Å².